The van der Waals surface area contributed by atoms with Crippen molar-refractivity contribution in [3.63, 3.8) is 0 Å². The average molecular weight is 307 g/mol. The van der Waals surface area contributed by atoms with Gasteiger partial charge in [0.25, 0.3) is 0 Å². The first-order valence-corrected chi connectivity index (χ1v) is 7.26. The van der Waals surface area contributed by atoms with Crippen molar-refractivity contribution in [1.29, 1.82) is 0 Å². The highest BCUT2D eigenvalue weighted by atomic mass is 16.5. The number of nitrogens with one attached hydrogen (secondary N) is 1. The molecule has 2 atom stereocenters. The Morgan fingerprint density at radius 2 is 1.95 bits per heavy atom. The summed E-state index contributed by atoms with van der Waals surface area (Å²) in [5.74, 6) is -0.175. The molecule has 1 aliphatic rings. The molecule has 0 spiro atoms. The fourth-order valence-electron chi connectivity index (χ4n) is 2.79. The molecule has 1 aromatic carbocycles. The van der Waals surface area contributed by atoms with E-state index in [0.717, 1.165) is 5.56 Å². The van der Waals surface area contributed by atoms with E-state index in [2.05, 4.69) is 5.32 Å². The number of amides is 1. The van der Waals surface area contributed by atoms with Crippen molar-refractivity contribution >= 4 is 11.9 Å². The Balaban J connectivity index is 1.95. The van der Waals surface area contributed by atoms with Crippen LogP contribution in [0.4, 0.5) is 0 Å². The number of carboxylic acid groups (broad SMARTS) is 1. The standard InChI is InChI=1S/C16H21NO5/c1-21-13-5-6-14(22-2)12(8-13)9-17-15(18)10-3-4-11(7-10)16(19)20/h5-6,8,10-11H,3-4,7,9H2,1-2H3,(H,17,18)(H,19,20). The highest BCUT2D eigenvalue weighted by Gasteiger charge is 2.33. The zero-order chi connectivity index (χ0) is 16.1. The molecule has 0 radical (unpaired) electrons. The van der Waals surface area contributed by atoms with Gasteiger partial charge in [-0.2, -0.15) is 0 Å². The lowest BCUT2D eigenvalue weighted by Crippen LogP contribution is -2.29. The van der Waals surface area contributed by atoms with E-state index in [0.29, 0.717) is 37.3 Å². The van der Waals surface area contributed by atoms with E-state index in [4.69, 9.17) is 14.6 Å². The van der Waals surface area contributed by atoms with E-state index in [9.17, 15) is 9.59 Å². The molecule has 2 unspecified atom stereocenters. The van der Waals surface area contributed by atoms with Crippen LogP contribution in [0, 0.1) is 11.8 Å². The van der Waals surface area contributed by atoms with Crippen molar-refractivity contribution in [2.75, 3.05) is 14.2 Å². The number of aliphatic carboxylic acids is 1. The van der Waals surface area contributed by atoms with Gasteiger partial charge in [-0.05, 0) is 37.5 Å². The number of hydrogen-bond donors (Lipinski definition) is 2. The maximum Gasteiger partial charge on any atom is 0.306 e. The fraction of sp³-hybridized carbons (Fsp3) is 0.500. The van der Waals surface area contributed by atoms with Crippen LogP contribution in [0.25, 0.3) is 0 Å². The molecule has 22 heavy (non-hydrogen) atoms. The summed E-state index contributed by atoms with van der Waals surface area (Å²) in [5, 5.41) is 11.8. The summed E-state index contributed by atoms with van der Waals surface area (Å²) in [7, 11) is 3.15. The molecule has 120 valence electrons. The lowest BCUT2D eigenvalue weighted by Gasteiger charge is -2.14. The largest absolute Gasteiger partial charge is 0.497 e. The number of hydrogen-bond acceptors (Lipinski definition) is 4. The Hall–Kier alpha value is -2.24. The maximum atomic E-state index is 12.2. The minimum atomic E-state index is -0.815. The maximum absolute atomic E-state index is 12.2. The Kier molecular flexibility index (Phi) is 5.25. The predicted octanol–water partition coefficient (Wildman–Crippen LogP) is 1.82. The van der Waals surface area contributed by atoms with E-state index in [1.807, 2.05) is 6.07 Å². The first-order valence-electron chi connectivity index (χ1n) is 7.26. The van der Waals surface area contributed by atoms with Crippen LogP contribution in [0.15, 0.2) is 18.2 Å². The highest BCUT2D eigenvalue weighted by Crippen LogP contribution is 2.31. The molecule has 0 heterocycles. The predicted molar refractivity (Wildman–Crippen MR) is 79.9 cm³/mol. The molecule has 1 saturated carbocycles. The molecule has 6 nitrogen and oxygen atoms in total. The van der Waals surface area contributed by atoms with Gasteiger partial charge in [-0.1, -0.05) is 0 Å². The number of carboxylic acids is 1. The fourth-order valence-corrected chi connectivity index (χ4v) is 2.79. The molecule has 0 aromatic heterocycles. The first kappa shape index (κ1) is 16.1. The number of ether oxygens (including phenoxy) is 2. The quantitative estimate of drug-likeness (QED) is 0.837. The lowest BCUT2D eigenvalue weighted by molar-refractivity contribution is -0.141. The topological polar surface area (TPSA) is 84.9 Å². The molecule has 0 aliphatic heterocycles. The second-order valence-corrected chi connectivity index (χ2v) is 5.44. The number of carbonyl (C=O) groups excluding carboxylic acids is 1. The van der Waals surface area contributed by atoms with Gasteiger partial charge in [-0.25, -0.2) is 0 Å². The summed E-state index contributed by atoms with van der Waals surface area (Å²) < 4.78 is 10.4. The Bertz CT molecular complexity index is 557. The van der Waals surface area contributed by atoms with Crippen LogP contribution >= 0.6 is 0 Å². The molecule has 1 aromatic rings. The SMILES string of the molecule is COc1ccc(OC)c(CNC(=O)C2CCC(C(=O)O)C2)c1. The molecule has 6 heteroatoms. The molecule has 2 rings (SSSR count). The van der Waals surface area contributed by atoms with Gasteiger partial charge >= 0.3 is 5.97 Å². The van der Waals surface area contributed by atoms with Crippen LogP contribution in [-0.4, -0.2) is 31.2 Å². The van der Waals surface area contributed by atoms with Gasteiger partial charge in [-0.15, -0.1) is 0 Å². The average Bonchev–Trinajstić information content (AvgIpc) is 3.02. The Labute approximate surface area is 129 Å². The van der Waals surface area contributed by atoms with Crippen molar-refractivity contribution in [2.24, 2.45) is 11.8 Å². The minimum absolute atomic E-state index is 0.103. The molecule has 1 fully saturated rings. The van der Waals surface area contributed by atoms with Gasteiger partial charge in [-0.3, -0.25) is 9.59 Å². The molecule has 2 N–H and O–H groups in total. The van der Waals surface area contributed by atoms with Gasteiger partial charge in [0.05, 0.1) is 20.1 Å². The van der Waals surface area contributed by atoms with E-state index in [1.165, 1.54) is 0 Å². The van der Waals surface area contributed by atoms with E-state index >= 15 is 0 Å². The van der Waals surface area contributed by atoms with Crippen molar-refractivity contribution in [3.8, 4) is 11.5 Å². The van der Waals surface area contributed by atoms with Gasteiger partial charge in [0.1, 0.15) is 11.5 Å². The monoisotopic (exact) mass is 307 g/mol. The molecular formula is C16H21NO5. The summed E-state index contributed by atoms with van der Waals surface area (Å²) in [6.45, 7) is 0.327. The molecule has 1 amide bonds. The van der Waals surface area contributed by atoms with E-state index < -0.39 is 11.9 Å². The molecule has 0 bridgehead atoms. The summed E-state index contributed by atoms with van der Waals surface area (Å²) in [6.07, 6.45) is 1.60. The molecular weight excluding hydrogens is 286 g/mol. The molecule has 1 aliphatic carbocycles. The second-order valence-electron chi connectivity index (χ2n) is 5.44. The van der Waals surface area contributed by atoms with Crippen molar-refractivity contribution in [1.82, 2.24) is 5.32 Å². The summed E-state index contributed by atoms with van der Waals surface area (Å²) in [5.41, 5.74) is 0.822. The van der Waals surface area contributed by atoms with Gasteiger partial charge in [0.15, 0.2) is 0 Å². The zero-order valence-corrected chi connectivity index (χ0v) is 12.8. The van der Waals surface area contributed by atoms with Crippen LogP contribution in [0.3, 0.4) is 0 Å². The summed E-state index contributed by atoms with van der Waals surface area (Å²) in [6, 6.07) is 5.39. The smallest absolute Gasteiger partial charge is 0.306 e. The van der Waals surface area contributed by atoms with Crippen LogP contribution in [-0.2, 0) is 16.1 Å². The van der Waals surface area contributed by atoms with E-state index in [1.54, 1.807) is 26.4 Å². The molecule has 0 saturated heterocycles. The number of methoxy groups -OCH3 is 2. The third-order valence-electron chi connectivity index (χ3n) is 4.09. The third-order valence-corrected chi connectivity index (χ3v) is 4.09. The Morgan fingerprint density at radius 1 is 1.23 bits per heavy atom. The van der Waals surface area contributed by atoms with E-state index in [-0.39, 0.29) is 11.8 Å². The van der Waals surface area contributed by atoms with Crippen molar-refractivity contribution < 1.29 is 24.2 Å². The van der Waals surface area contributed by atoms with Crippen LogP contribution in [0.1, 0.15) is 24.8 Å². The van der Waals surface area contributed by atoms with Gasteiger partial charge in [0, 0.05) is 18.0 Å². The number of benzene rings is 1. The van der Waals surface area contributed by atoms with Gasteiger partial charge < -0.3 is 19.9 Å². The van der Waals surface area contributed by atoms with Crippen LogP contribution < -0.4 is 14.8 Å². The summed E-state index contributed by atoms with van der Waals surface area (Å²) >= 11 is 0. The third kappa shape index (κ3) is 3.69. The highest BCUT2D eigenvalue weighted by molar-refractivity contribution is 5.80. The number of rotatable bonds is 6. The van der Waals surface area contributed by atoms with Crippen LogP contribution in [0.5, 0.6) is 11.5 Å². The van der Waals surface area contributed by atoms with Gasteiger partial charge in [0.2, 0.25) is 5.91 Å². The van der Waals surface area contributed by atoms with Crippen molar-refractivity contribution in [3.05, 3.63) is 23.8 Å². The number of carbonyl (C=O) groups is 2. The lowest BCUT2D eigenvalue weighted by atomic mass is 10.0. The second kappa shape index (κ2) is 7.15. The Morgan fingerprint density at radius 3 is 2.55 bits per heavy atom. The van der Waals surface area contributed by atoms with Crippen LogP contribution in [0.2, 0.25) is 0 Å². The minimum Gasteiger partial charge on any atom is -0.497 e. The normalized spacial score (nSPS) is 20.5. The summed E-state index contributed by atoms with van der Waals surface area (Å²) in [4.78, 5) is 23.1. The first-order chi connectivity index (χ1) is 10.5. The zero-order valence-electron chi connectivity index (χ0n) is 12.8. The van der Waals surface area contributed by atoms with Crippen molar-refractivity contribution in [2.45, 2.75) is 25.8 Å².